The van der Waals surface area contributed by atoms with Gasteiger partial charge >= 0.3 is 5.97 Å². The van der Waals surface area contributed by atoms with Crippen molar-refractivity contribution in [3.8, 4) is 0 Å². The molecular formula is C20H26N2O6S. The maximum Gasteiger partial charge on any atom is 0.316 e. The molecule has 158 valence electrons. The van der Waals surface area contributed by atoms with Gasteiger partial charge in [-0.2, -0.15) is 0 Å². The number of fused-ring (bicyclic) bond motifs is 1. The highest BCUT2D eigenvalue weighted by atomic mass is 32.2. The van der Waals surface area contributed by atoms with Gasteiger partial charge in [-0.1, -0.05) is 12.1 Å². The van der Waals surface area contributed by atoms with E-state index in [2.05, 4.69) is 0 Å². The molecular weight excluding hydrogens is 396 g/mol. The van der Waals surface area contributed by atoms with E-state index in [1.807, 2.05) is 0 Å². The molecule has 0 aromatic heterocycles. The summed E-state index contributed by atoms with van der Waals surface area (Å²) in [5.41, 5.74) is -0.750. The van der Waals surface area contributed by atoms with E-state index in [-0.39, 0.29) is 28.5 Å². The number of benzene rings is 1. The number of likely N-dealkylation sites (N-methyl/N-ethyl adjacent to an activating group) is 1. The van der Waals surface area contributed by atoms with Crippen LogP contribution in [0.3, 0.4) is 0 Å². The number of morpholine rings is 1. The minimum atomic E-state index is -3.96. The molecule has 2 heterocycles. The zero-order chi connectivity index (χ0) is 21.4. The van der Waals surface area contributed by atoms with Gasteiger partial charge in [0.1, 0.15) is 0 Å². The second kappa shape index (κ2) is 7.79. The van der Waals surface area contributed by atoms with Crippen molar-refractivity contribution in [3.05, 3.63) is 35.5 Å². The van der Waals surface area contributed by atoms with Crippen LogP contribution < -0.4 is 0 Å². The smallest absolute Gasteiger partial charge is 0.316 e. The number of esters is 1. The summed E-state index contributed by atoms with van der Waals surface area (Å²) in [5.74, 6) is -1.07. The Hall–Kier alpha value is -2.39. The fraction of sp³-hybridized carbons (Fsp3) is 0.500. The molecule has 9 heteroatoms. The number of sulfonamides is 1. The molecule has 0 radical (unpaired) electrons. The van der Waals surface area contributed by atoms with Crippen LogP contribution in [-0.2, 0) is 29.1 Å². The van der Waals surface area contributed by atoms with Crippen LogP contribution in [0.1, 0.15) is 33.3 Å². The van der Waals surface area contributed by atoms with Crippen LogP contribution in [-0.4, -0.2) is 62.3 Å². The van der Waals surface area contributed by atoms with E-state index in [1.165, 1.54) is 11.0 Å². The molecule has 0 bridgehead atoms. The molecule has 3 rings (SSSR count). The van der Waals surface area contributed by atoms with Crippen molar-refractivity contribution in [2.75, 3.05) is 32.8 Å². The van der Waals surface area contributed by atoms with Gasteiger partial charge in [-0.15, -0.1) is 0 Å². The third-order valence-corrected chi connectivity index (χ3v) is 6.69. The van der Waals surface area contributed by atoms with Gasteiger partial charge in [0, 0.05) is 25.2 Å². The topological polar surface area (TPSA) is 93.2 Å². The lowest BCUT2D eigenvalue weighted by Crippen LogP contribution is -2.47. The molecule has 8 nitrogen and oxygen atoms in total. The monoisotopic (exact) mass is 422 g/mol. The van der Waals surface area contributed by atoms with E-state index >= 15 is 0 Å². The second-order valence-electron chi connectivity index (χ2n) is 7.89. The van der Waals surface area contributed by atoms with Crippen molar-refractivity contribution >= 4 is 27.7 Å². The van der Waals surface area contributed by atoms with Crippen LogP contribution in [0.2, 0.25) is 0 Å². The number of amides is 1. The average molecular weight is 423 g/mol. The molecule has 0 spiro atoms. The van der Waals surface area contributed by atoms with Crippen LogP contribution >= 0.6 is 0 Å². The van der Waals surface area contributed by atoms with Gasteiger partial charge in [0.2, 0.25) is 0 Å². The van der Waals surface area contributed by atoms with E-state index in [0.29, 0.717) is 26.3 Å². The van der Waals surface area contributed by atoms with Gasteiger partial charge in [0.05, 0.1) is 23.5 Å². The lowest BCUT2D eigenvalue weighted by Gasteiger charge is -2.36. The predicted octanol–water partition coefficient (Wildman–Crippen LogP) is 1.83. The van der Waals surface area contributed by atoms with E-state index < -0.39 is 27.3 Å². The van der Waals surface area contributed by atoms with Crippen LogP contribution in [0.25, 0.3) is 5.76 Å². The Morgan fingerprint density at radius 1 is 1.14 bits per heavy atom. The molecule has 1 saturated heterocycles. The summed E-state index contributed by atoms with van der Waals surface area (Å²) in [6.07, 6.45) is 0. The predicted molar refractivity (Wildman–Crippen MR) is 106 cm³/mol. The summed E-state index contributed by atoms with van der Waals surface area (Å²) in [4.78, 5) is 27.6. The zero-order valence-corrected chi connectivity index (χ0v) is 17.9. The minimum Gasteiger partial charge on any atom is -0.423 e. The average Bonchev–Trinajstić information content (AvgIpc) is 2.69. The number of hydrogen-bond acceptors (Lipinski definition) is 6. The lowest BCUT2D eigenvalue weighted by atomic mass is 9.97. The van der Waals surface area contributed by atoms with Crippen molar-refractivity contribution in [1.29, 1.82) is 0 Å². The molecule has 0 aliphatic carbocycles. The summed E-state index contributed by atoms with van der Waals surface area (Å²) >= 11 is 0. The Balaban J connectivity index is 2.23. The van der Waals surface area contributed by atoms with E-state index in [1.54, 1.807) is 45.9 Å². The first-order chi connectivity index (χ1) is 13.6. The Morgan fingerprint density at radius 2 is 1.76 bits per heavy atom. The first kappa shape index (κ1) is 21.3. The number of carbonyl (C=O) groups excluding carboxylic acids is 2. The highest BCUT2D eigenvalue weighted by Gasteiger charge is 2.43. The van der Waals surface area contributed by atoms with Crippen molar-refractivity contribution < 1.29 is 27.5 Å². The Labute approximate surface area is 171 Å². The minimum absolute atomic E-state index is 0.0112. The number of hydrogen-bond donors (Lipinski definition) is 0. The van der Waals surface area contributed by atoms with E-state index in [0.717, 1.165) is 4.31 Å². The van der Waals surface area contributed by atoms with Crippen LogP contribution in [0, 0.1) is 5.41 Å². The Morgan fingerprint density at radius 3 is 2.34 bits per heavy atom. The molecule has 0 unspecified atom stereocenters. The van der Waals surface area contributed by atoms with Crippen LogP contribution in [0.15, 0.2) is 34.9 Å². The summed E-state index contributed by atoms with van der Waals surface area (Å²) in [5, 5.41) is 0. The third-order valence-electron chi connectivity index (χ3n) is 4.76. The van der Waals surface area contributed by atoms with Gasteiger partial charge in [-0.05, 0) is 39.8 Å². The molecule has 0 atom stereocenters. The maximum absolute atomic E-state index is 13.4. The van der Waals surface area contributed by atoms with Crippen LogP contribution in [0.5, 0.6) is 0 Å². The molecule has 2 aliphatic heterocycles. The number of nitrogens with zero attached hydrogens (tertiary/aromatic N) is 2. The summed E-state index contributed by atoms with van der Waals surface area (Å²) in [7, 11) is -3.96. The molecule has 0 saturated carbocycles. The Kier molecular flexibility index (Phi) is 5.73. The molecule has 1 fully saturated rings. The molecule has 0 N–H and O–H groups in total. The Bertz CT molecular complexity index is 955. The van der Waals surface area contributed by atoms with Crippen molar-refractivity contribution in [1.82, 2.24) is 9.21 Å². The SMILES string of the molecule is CCN1C(C(=O)N2CCOCC2)=C(OC(=O)C(C)(C)C)c2ccccc2S1(=O)=O. The molecule has 2 aliphatic rings. The maximum atomic E-state index is 13.4. The number of ether oxygens (including phenoxy) is 2. The third kappa shape index (κ3) is 3.89. The van der Waals surface area contributed by atoms with Gasteiger partial charge < -0.3 is 14.4 Å². The standard InChI is InChI=1S/C20H26N2O6S/c1-5-22-16(18(23)21-10-12-27-13-11-21)17(28-19(24)20(2,3)4)14-8-6-7-9-15(14)29(22,25)26/h6-9H,5,10-13H2,1-4H3. The summed E-state index contributed by atoms with van der Waals surface area (Å²) < 4.78 is 38.4. The fourth-order valence-electron chi connectivity index (χ4n) is 3.16. The van der Waals surface area contributed by atoms with Gasteiger partial charge in [0.25, 0.3) is 15.9 Å². The van der Waals surface area contributed by atoms with E-state index in [9.17, 15) is 18.0 Å². The van der Waals surface area contributed by atoms with Crippen LogP contribution in [0.4, 0.5) is 0 Å². The van der Waals surface area contributed by atoms with Gasteiger partial charge in [-0.25, -0.2) is 8.42 Å². The van der Waals surface area contributed by atoms with Gasteiger partial charge in [-0.3, -0.25) is 13.9 Å². The van der Waals surface area contributed by atoms with Gasteiger partial charge in [0.15, 0.2) is 11.5 Å². The summed E-state index contributed by atoms with van der Waals surface area (Å²) in [6.45, 7) is 8.16. The highest BCUT2D eigenvalue weighted by molar-refractivity contribution is 7.89. The summed E-state index contributed by atoms with van der Waals surface area (Å²) in [6, 6.07) is 6.26. The molecule has 1 aromatic carbocycles. The number of rotatable bonds is 3. The van der Waals surface area contributed by atoms with Crippen molar-refractivity contribution in [2.45, 2.75) is 32.6 Å². The lowest BCUT2D eigenvalue weighted by molar-refractivity contribution is -0.145. The molecule has 1 amide bonds. The normalized spacial score (nSPS) is 19.0. The second-order valence-corrected chi connectivity index (χ2v) is 9.72. The number of carbonyl (C=O) groups is 2. The first-order valence-corrected chi connectivity index (χ1v) is 11.0. The van der Waals surface area contributed by atoms with Crippen molar-refractivity contribution in [3.63, 3.8) is 0 Å². The molecule has 29 heavy (non-hydrogen) atoms. The highest BCUT2D eigenvalue weighted by Crippen LogP contribution is 2.39. The first-order valence-electron chi connectivity index (χ1n) is 9.54. The van der Waals surface area contributed by atoms with Crippen molar-refractivity contribution in [2.24, 2.45) is 5.41 Å². The molecule has 1 aromatic rings. The quantitative estimate of drug-likeness (QED) is 0.690. The largest absolute Gasteiger partial charge is 0.423 e. The fourth-order valence-corrected chi connectivity index (χ4v) is 4.82. The zero-order valence-electron chi connectivity index (χ0n) is 17.1. The van der Waals surface area contributed by atoms with E-state index in [4.69, 9.17) is 9.47 Å².